The number of hydrogen-bond acceptors (Lipinski definition) is 8. The number of carbonyl (C=O) groups excluding carboxylic acids is 3. The molecule has 2 rings (SSSR count). The lowest BCUT2D eigenvalue weighted by Crippen LogP contribution is -2.41. The van der Waals surface area contributed by atoms with Gasteiger partial charge in [-0.25, -0.2) is 8.42 Å². The highest BCUT2D eigenvalue weighted by Gasteiger charge is 2.27. The van der Waals surface area contributed by atoms with Gasteiger partial charge in [-0.1, -0.05) is 0 Å². The maximum Gasteiger partial charge on any atom is 0.325 e. The molecule has 0 spiro atoms. The van der Waals surface area contributed by atoms with Crippen LogP contribution in [0.2, 0.25) is 0 Å². The van der Waals surface area contributed by atoms with Crippen LogP contribution in [-0.2, 0) is 33.8 Å². The zero-order valence-corrected chi connectivity index (χ0v) is 16.4. The Labute approximate surface area is 163 Å². The molecule has 0 unspecified atom stereocenters. The molecule has 1 heterocycles. The maximum atomic E-state index is 12.6. The standard InChI is InChI=1S/C17H22N2O8S/c1-25-15(20)11-18(12-16(21)26-2)17(22)13-3-5-14(6-4-13)28(23,24)19-7-9-27-10-8-19/h3-6H,7-12H2,1-2H3. The Morgan fingerprint density at radius 3 is 1.96 bits per heavy atom. The molecule has 0 atom stereocenters. The van der Waals surface area contributed by atoms with Crippen molar-refractivity contribution in [3.63, 3.8) is 0 Å². The summed E-state index contributed by atoms with van der Waals surface area (Å²) in [6, 6.07) is 5.29. The largest absolute Gasteiger partial charge is 0.468 e. The van der Waals surface area contributed by atoms with Crippen LogP contribution in [0.1, 0.15) is 10.4 Å². The van der Waals surface area contributed by atoms with Crippen LogP contribution in [0.3, 0.4) is 0 Å². The third kappa shape index (κ3) is 5.27. The lowest BCUT2D eigenvalue weighted by Gasteiger charge is -2.26. The number of ether oxygens (including phenoxy) is 3. The zero-order valence-electron chi connectivity index (χ0n) is 15.6. The zero-order chi connectivity index (χ0) is 20.7. The van der Waals surface area contributed by atoms with Crippen molar-refractivity contribution in [2.75, 3.05) is 53.6 Å². The van der Waals surface area contributed by atoms with E-state index in [1.165, 1.54) is 28.6 Å². The lowest BCUT2D eigenvalue weighted by molar-refractivity contribution is -0.144. The van der Waals surface area contributed by atoms with Crippen molar-refractivity contribution in [2.24, 2.45) is 0 Å². The number of morpholine rings is 1. The van der Waals surface area contributed by atoms with E-state index in [9.17, 15) is 22.8 Å². The second-order valence-electron chi connectivity index (χ2n) is 5.85. The van der Waals surface area contributed by atoms with Gasteiger partial charge in [-0.05, 0) is 24.3 Å². The van der Waals surface area contributed by atoms with Gasteiger partial charge in [-0.15, -0.1) is 0 Å². The first-order valence-corrected chi connectivity index (χ1v) is 9.84. The molecule has 0 aromatic heterocycles. The maximum absolute atomic E-state index is 12.6. The molecule has 1 aromatic carbocycles. The molecule has 28 heavy (non-hydrogen) atoms. The van der Waals surface area contributed by atoms with Crippen molar-refractivity contribution in [2.45, 2.75) is 4.90 Å². The van der Waals surface area contributed by atoms with Crippen molar-refractivity contribution in [3.8, 4) is 0 Å². The molecule has 0 radical (unpaired) electrons. The van der Waals surface area contributed by atoms with Crippen LogP contribution in [0.25, 0.3) is 0 Å². The van der Waals surface area contributed by atoms with E-state index in [4.69, 9.17) is 4.74 Å². The van der Waals surface area contributed by atoms with Gasteiger partial charge < -0.3 is 19.1 Å². The minimum atomic E-state index is -3.69. The molecule has 1 aromatic rings. The minimum absolute atomic E-state index is 0.0402. The Hall–Kier alpha value is -2.50. The van der Waals surface area contributed by atoms with Gasteiger partial charge >= 0.3 is 11.9 Å². The summed E-state index contributed by atoms with van der Waals surface area (Å²) in [6.07, 6.45) is 0. The van der Waals surface area contributed by atoms with E-state index < -0.39 is 41.0 Å². The highest BCUT2D eigenvalue weighted by Crippen LogP contribution is 2.18. The molecule has 0 aliphatic carbocycles. The summed E-state index contributed by atoms with van der Waals surface area (Å²) in [5.74, 6) is -2.04. The fourth-order valence-corrected chi connectivity index (χ4v) is 3.94. The molecule has 0 bridgehead atoms. The van der Waals surface area contributed by atoms with E-state index >= 15 is 0 Å². The monoisotopic (exact) mass is 414 g/mol. The fraction of sp³-hybridized carbons (Fsp3) is 0.471. The van der Waals surface area contributed by atoms with Gasteiger partial charge in [0.15, 0.2) is 0 Å². The molecule has 154 valence electrons. The SMILES string of the molecule is COC(=O)CN(CC(=O)OC)C(=O)c1ccc(S(=O)(=O)N2CCOCC2)cc1. The average molecular weight is 414 g/mol. The van der Waals surface area contributed by atoms with Crippen molar-refractivity contribution in [3.05, 3.63) is 29.8 Å². The van der Waals surface area contributed by atoms with E-state index in [2.05, 4.69) is 9.47 Å². The molecule has 1 aliphatic rings. The number of rotatable bonds is 7. The van der Waals surface area contributed by atoms with Crippen molar-refractivity contribution < 1.29 is 37.0 Å². The second-order valence-corrected chi connectivity index (χ2v) is 7.79. The molecular formula is C17H22N2O8S. The third-order valence-corrected chi connectivity index (χ3v) is 6.00. The van der Waals surface area contributed by atoms with Gasteiger partial charge in [-0.3, -0.25) is 14.4 Å². The van der Waals surface area contributed by atoms with Gasteiger partial charge in [0, 0.05) is 18.7 Å². The molecule has 1 amide bonds. The van der Waals surface area contributed by atoms with Crippen molar-refractivity contribution in [1.29, 1.82) is 0 Å². The number of hydrogen-bond donors (Lipinski definition) is 0. The van der Waals surface area contributed by atoms with E-state index in [0.717, 1.165) is 19.1 Å². The van der Waals surface area contributed by atoms with Gasteiger partial charge in [0.25, 0.3) is 5.91 Å². The molecule has 10 nitrogen and oxygen atoms in total. The van der Waals surface area contributed by atoms with Crippen LogP contribution in [-0.4, -0.2) is 89.1 Å². The number of esters is 2. The number of carbonyl (C=O) groups is 3. The van der Waals surface area contributed by atoms with E-state index in [1.807, 2.05) is 0 Å². The summed E-state index contributed by atoms with van der Waals surface area (Å²) >= 11 is 0. The Morgan fingerprint density at radius 2 is 1.50 bits per heavy atom. The lowest BCUT2D eigenvalue weighted by atomic mass is 10.2. The van der Waals surface area contributed by atoms with Crippen molar-refractivity contribution in [1.82, 2.24) is 9.21 Å². The summed E-state index contributed by atoms with van der Waals surface area (Å²) in [6.45, 7) is 0.276. The molecule has 1 fully saturated rings. The first-order valence-electron chi connectivity index (χ1n) is 8.40. The quantitative estimate of drug-likeness (QED) is 0.548. The van der Waals surface area contributed by atoms with Crippen LogP contribution in [0, 0.1) is 0 Å². The first kappa shape index (κ1) is 21.8. The number of amides is 1. The Bertz CT molecular complexity index is 798. The van der Waals surface area contributed by atoms with Crippen LogP contribution < -0.4 is 0 Å². The van der Waals surface area contributed by atoms with E-state index in [-0.39, 0.29) is 23.5 Å². The summed E-state index contributed by atoms with van der Waals surface area (Å²) in [4.78, 5) is 36.7. The highest BCUT2D eigenvalue weighted by atomic mass is 32.2. The number of methoxy groups -OCH3 is 2. The number of sulfonamides is 1. The second kappa shape index (κ2) is 9.62. The summed E-state index contributed by atoms with van der Waals surface area (Å²) in [7, 11) is -1.37. The van der Waals surface area contributed by atoms with Crippen LogP contribution in [0.4, 0.5) is 0 Å². The first-order chi connectivity index (χ1) is 13.3. The normalized spacial score (nSPS) is 14.9. The predicted molar refractivity (Wildman–Crippen MR) is 96.0 cm³/mol. The van der Waals surface area contributed by atoms with Crippen LogP contribution in [0.15, 0.2) is 29.2 Å². The Balaban J connectivity index is 2.20. The minimum Gasteiger partial charge on any atom is -0.468 e. The van der Waals surface area contributed by atoms with Crippen LogP contribution in [0.5, 0.6) is 0 Å². The highest BCUT2D eigenvalue weighted by molar-refractivity contribution is 7.89. The topological polar surface area (TPSA) is 120 Å². The summed E-state index contributed by atoms with van der Waals surface area (Å²) in [5, 5.41) is 0. The van der Waals surface area contributed by atoms with Crippen molar-refractivity contribution >= 4 is 27.9 Å². The van der Waals surface area contributed by atoms with Gasteiger partial charge in [-0.2, -0.15) is 4.31 Å². The molecular weight excluding hydrogens is 392 g/mol. The van der Waals surface area contributed by atoms with Gasteiger partial charge in [0.1, 0.15) is 13.1 Å². The Kier molecular flexibility index (Phi) is 7.49. The molecule has 1 aliphatic heterocycles. The van der Waals surface area contributed by atoms with E-state index in [0.29, 0.717) is 13.2 Å². The summed E-state index contributed by atoms with van der Waals surface area (Å²) in [5.41, 5.74) is 0.119. The number of nitrogens with zero attached hydrogens (tertiary/aromatic N) is 2. The predicted octanol–water partition coefficient (Wildman–Crippen LogP) is -0.504. The molecule has 0 N–H and O–H groups in total. The average Bonchev–Trinajstić information content (AvgIpc) is 2.73. The van der Waals surface area contributed by atoms with E-state index in [1.54, 1.807) is 0 Å². The fourth-order valence-electron chi connectivity index (χ4n) is 2.53. The molecule has 1 saturated heterocycles. The summed E-state index contributed by atoms with van der Waals surface area (Å²) < 4.78 is 40.8. The van der Waals surface area contributed by atoms with Gasteiger partial charge in [0.05, 0.1) is 32.3 Å². The number of benzene rings is 1. The Morgan fingerprint density at radius 1 is 1.00 bits per heavy atom. The molecule has 0 saturated carbocycles. The third-order valence-electron chi connectivity index (χ3n) is 4.09. The molecule has 11 heteroatoms. The smallest absolute Gasteiger partial charge is 0.325 e. The van der Waals surface area contributed by atoms with Gasteiger partial charge in [0.2, 0.25) is 10.0 Å². The van der Waals surface area contributed by atoms with Crippen LogP contribution >= 0.6 is 0 Å².